The molecule has 0 heterocycles. The number of phenols is 1. The average Bonchev–Trinajstić information content (AvgIpc) is 2.49. The SMILES string of the molecule is C=C1C=C(C)[C@H](CCO)C(C)(C)[C@H]1Cc1cc(OC)c(Br)cc1O. The van der Waals surface area contributed by atoms with Gasteiger partial charge in [0.05, 0.1) is 11.6 Å². The maximum Gasteiger partial charge on any atom is 0.133 e. The van der Waals surface area contributed by atoms with Crippen molar-refractivity contribution in [1.29, 1.82) is 0 Å². The van der Waals surface area contributed by atoms with Crippen molar-refractivity contribution in [2.24, 2.45) is 17.3 Å². The molecule has 0 fully saturated rings. The van der Waals surface area contributed by atoms with E-state index in [2.05, 4.69) is 49.4 Å². The van der Waals surface area contributed by atoms with Crippen molar-refractivity contribution < 1.29 is 14.9 Å². The number of phenolic OH excluding ortho intramolecular Hbond substituents is 1. The lowest BCUT2D eigenvalue weighted by Gasteiger charge is -2.46. The molecule has 2 rings (SSSR count). The van der Waals surface area contributed by atoms with Crippen LogP contribution in [-0.2, 0) is 6.42 Å². The summed E-state index contributed by atoms with van der Waals surface area (Å²) in [6.07, 6.45) is 3.57. The highest BCUT2D eigenvalue weighted by Crippen LogP contribution is 2.50. The van der Waals surface area contributed by atoms with Gasteiger partial charge in [-0.15, -0.1) is 0 Å². The number of methoxy groups -OCH3 is 1. The van der Waals surface area contributed by atoms with E-state index >= 15 is 0 Å². The van der Waals surface area contributed by atoms with E-state index < -0.39 is 0 Å². The molecule has 1 aliphatic carbocycles. The van der Waals surface area contributed by atoms with Crippen LogP contribution in [-0.4, -0.2) is 23.9 Å². The van der Waals surface area contributed by atoms with Crippen molar-refractivity contribution in [3.63, 3.8) is 0 Å². The van der Waals surface area contributed by atoms with Crippen molar-refractivity contribution in [2.75, 3.05) is 13.7 Å². The third kappa shape index (κ3) is 3.55. The number of ether oxygens (including phenoxy) is 1. The van der Waals surface area contributed by atoms with E-state index in [0.29, 0.717) is 18.1 Å². The van der Waals surface area contributed by atoms with E-state index in [1.807, 2.05) is 6.07 Å². The van der Waals surface area contributed by atoms with Crippen LogP contribution in [0.25, 0.3) is 0 Å². The molecule has 1 aliphatic rings. The highest BCUT2D eigenvalue weighted by atomic mass is 79.9. The number of allylic oxidation sites excluding steroid dienone is 3. The molecule has 0 aromatic heterocycles. The number of hydrogen-bond donors (Lipinski definition) is 2. The number of hydrogen-bond acceptors (Lipinski definition) is 3. The molecule has 132 valence electrons. The van der Waals surface area contributed by atoms with E-state index in [1.54, 1.807) is 13.2 Å². The van der Waals surface area contributed by atoms with Crippen LogP contribution in [0.1, 0.15) is 32.8 Å². The monoisotopic (exact) mass is 394 g/mol. The normalized spacial score (nSPS) is 23.1. The Morgan fingerprint density at radius 3 is 2.54 bits per heavy atom. The Morgan fingerprint density at radius 1 is 1.29 bits per heavy atom. The summed E-state index contributed by atoms with van der Waals surface area (Å²) in [6.45, 7) is 11.0. The number of halogens is 1. The van der Waals surface area contributed by atoms with Gasteiger partial charge in [0.15, 0.2) is 0 Å². The first-order valence-electron chi connectivity index (χ1n) is 8.25. The molecule has 0 saturated carbocycles. The van der Waals surface area contributed by atoms with Gasteiger partial charge in [0.2, 0.25) is 0 Å². The van der Waals surface area contributed by atoms with Crippen LogP contribution in [0.3, 0.4) is 0 Å². The Kier molecular flexibility index (Phi) is 5.82. The standard InChI is InChI=1S/C20H27BrO3/c1-12-8-13(2)16(20(3,4)15(12)6-7-22)9-14-10-19(24-5)17(21)11-18(14)23/h8,10-11,15-16,22-23H,2,6-7,9H2,1,3-5H3/t15-,16-/m0/s1. The molecule has 24 heavy (non-hydrogen) atoms. The average molecular weight is 395 g/mol. The second kappa shape index (κ2) is 7.32. The second-order valence-corrected chi connectivity index (χ2v) is 8.08. The van der Waals surface area contributed by atoms with Crippen LogP contribution in [0.2, 0.25) is 0 Å². The maximum atomic E-state index is 10.3. The van der Waals surface area contributed by atoms with Crippen molar-refractivity contribution >= 4 is 15.9 Å². The van der Waals surface area contributed by atoms with Gasteiger partial charge in [0.25, 0.3) is 0 Å². The fourth-order valence-electron chi connectivity index (χ4n) is 4.05. The summed E-state index contributed by atoms with van der Waals surface area (Å²) in [4.78, 5) is 0. The number of aliphatic hydroxyl groups excluding tert-OH is 1. The molecule has 1 aromatic rings. The molecule has 0 spiro atoms. The van der Waals surface area contributed by atoms with Gasteiger partial charge in [-0.25, -0.2) is 0 Å². The highest BCUT2D eigenvalue weighted by molar-refractivity contribution is 9.10. The molecule has 0 radical (unpaired) electrons. The molecule has 0 aliphatic heterocycles. The van der Waals surface area contributed by atoms with Crippen LogP contribution in [0.5, 0.6) is 11.5 Å². The summed E-state index contributed by atoms with van der Waals surface area (Å²) in [5.41, 5.74) is 3.15. The summed E-state index contributed by atoms with van der Waals surface area (Å²) < 4.78 is 6.10. The second-order valence-electron chi connectivity index (χ2n) is 7.22. The van der Waals surface area contributed by atoms with Crippen molar-refractivity contribution in [1.82, 2.24) is 0 Å². The molecule has 0 bridgehead atoms. The zero-order chi connectivity index (χ0) is 18.1. The molecular weight excluding hydrogens is 368 g/mol. The Balaban J connectivity index is 2.40. The zero-order valence-corrected chi connectivity index (χ0v) is 16.5. The molecule has 2 atom stereocenters. The predicted octanol–water partition coefficient (Wildman–Crippen LogP) is 4.86. The molecule has 0 saturated heterocycles. The van der Waals surface area contributed by atoms with Crippen molar-refractivity contribution in [2.45, 2.75) is 33.6 Å². The van der Waals surface area contributed by atoms with Gasteiger partial charge in [0.1, 0.15) is 11.5 Å². The Morgan fingerprint density at radius 2 is 1.96 bits per heavy atom. The Labute approximate surface area is 153 Å². The minimum atomic E-state index is -0.0502. The van der Waals surface area contributed by atoms with Crippen molar-refractivity contribution in [3.8, 4) is 11.5 Å². The first-order valence-corrected chi connectivity index (χ1v) is 9.04. The van der Waals surface area contributed by atoms with Gasteiger partial charge in [-0.1, -0.05) is 37.6 Å². The summed E-state index contributed by atoms with van der Waals surface area (Å²) in [5, 5.41) is 19.8. The molecule has 2 N–H and O–H groups in total. The third-order valence-electron chi connectivity index (χ3n) is 5.40. The maximum absolute atomic E-state index is 10.3. The quantitative estimate of drug-likeness (QED) is 0.749. The van der Waals surface area contributed by atoms with Crippen LogP contribution < -0.4 is 4.74 Å². The molecule has 0 amide bonds. The van der Waals surface area contributed by atoms with Gasteiger partial charge in [0, 0.05) is 6.61 Å². The van der Waals surface area contributed by atoms with E-state index in [9.17, 15) is 10.2 Å². The molecule has 1 aromatic carbocycles. The smallest absolute Gasteiger partial charge is 0.133 e. The van der Waals surface area contributed by atoms with Crippen LogP contribution in [0.15, 0.2) is 40.4 Å². The molecule has 4 heteroatoms. The topological polar surface area (TPSA) is 49.7 Å². The first-order chi connectivity index (χ1) is 11.2. The lowest BCUT2D eigenvalue weighted by molar-refractivity contribution is 0.124. The first kappa shape index (κ1) is 19.1. The largest absolute Gasteiger partial charge is 0.508 e. The third-order valence-corrected chi connectivity index (χ3v) is 6.02. The van der Waals surface area contributed by atoms with Gasteiger partial charge in [-0.2, -0.15) is 0 Å². The van der Waals surface area contributed by atoms with Crippen LogP contribution >= 0.6 is 15.9 Å². The minimum Gasteiger partial charge on any atom is -0.508 e. The fourth-order valence-corrected chi connectivity index (χ4v) is 4.54. The minimum absolute atomic E-state index is 0.0502. The molecule has 0 unspecified atom stereocenters. The molecule has 3 nitrogen and oxygen atoms in total. The zero-order valence-electron chi connectivity index (χ0n) is 14.9. The summed E-state index contributed by atoms with van der Waals surface area (Å²) >= 11 is 3.40. The number of benzene rings is 1. The van der Waals surface area contributed by atoms with Crippen LogP contribution in [0, 0.1) is 17.3 Å². The van der Waals surface area contributed by atoms with E-state index in [1.165, 1.54) is 5.57 Å². The summed E-state index contributed by atoms with van der Waals surface area (Å²) in [7, 11) is 1.62. The Hall–Kier alpha value is -1.26. The lowest BCUT2D eigenvalue weighted by atomic mass is 9.59. The summed E-state index contributed by atoms with van der Waals surface area (Å²) in [6, 6.07) is 3.56. The van der Waals surface area contributed by atoms with Crippen LogP contribution in [0.4, 0.5) is 0 Å². The predicted molar refractivity (Wildman–Crippen MR) is 101 cm³/mol. The lowest BCUT2D eigenvalue weighted by Crippen LogP contribution is -2.38. The van der Waals surface area contributed by atoms with Gasteiger partial charge in [-0.05, 0) is 70.6 Å². The molecular formula is C20H27BrO3. The van der Waals surface area contributed by atoms with Gasteiger partial charge in [-0.3, -0.25) is 0 Å². The van der Waals surface area contributed by atoms with Crippen molar-refractivity contribution in [3.05, 3.63) is 46.0 Å². The Bertz CT molecular complexity index is 661. The highest BCUT2D eigenvalue weighted by Gasteiger charge is 2.41. The van der Waals surface area contributed by atoms with Gasteiger partial charge >= 0.3 is 0 Å². The fraction of sp³-hybridized carbons (Fsp3) is 0.500. The number of rotatable bonds is 5. The van der Waals surface area contributed by atoms with Gasteiger partial charge < -0.3 is 14.9 Å². The van der Waals surface area contributed by atoms with E-state index in [4.69, 9.17) is 4.74 Å². The number of aromatic hydroxyl groups is 1. The number of aliphatic hydroxyl groups is 1. The van der Waals surface area contributed by atoms with E-state index in [0.717, 1.165) is 22.0 Å². The van der Waals surface area contributed by atoms with E-state index in [-0.39, 0.29) is 23.7 Å². The summed E-state index contributed by atoms with van der Waals surface area (Å²) in [5.74, 6) is 1.46.